The average molecular weight is 453 g/mol. The molecule has 0 radical (unpaired) electrons. The van der Waals surface area contributed by atoms with Gasteiger partial charge in [0.25, 0.3) is 0 Å². The number of nitrogens with one attached hydrogen (secondary N) is 2. The summed E-state index contributed by atoms with van der Waals surface area (Å²) in [6.07, 6.45) is 1.28. The predicted molar refractivity (Wildman–Crippen MR) is 117 cm³/mol. The minimum atomic E-state index is 0. The van der Waals surface area contributed by atoms with Gasteiger partial charge in [-0.25, -0.2) is 0 Å². The van der Waals surface area contributed by atoms with E-state index in [9.17, 15) is 0 Å². The zero-order valence-corrected chi connectivity index (χ0v) is 19.0. The van der Waals surface area contributed by atoms with Gasteiger partial charge in [0.15, 0.2) is 5.96 Å². The average Bonchev–Trinajstić information content (AvgIpc) is 2.96. The Morgan fingerprint density at radius 1 is 1.17 bits per heavy atom. The van der Waals surface area contributed by atoms with Crippen LogP contribution in [0.15, 0.2) is 4.99 Å². The van der Waals surface area contributed by atoms with Gasteiger partial charge in [-0.2, -0.15) is 0 Å². The first-order valence-corrected chi connectivity index (χ1v) is 9.48. The molecule has 0 aromatic rings. The summed E-state index contributed by atoms with van der Waals surface area (Å²) in [6, 6.07) is 1.16. The molecular weight excluding hydrogens is 413 g/mol. The van der Waals surface area contributed by atoms with Crippen molar-refractivity contribution >= 4 is 29.9 Å². The van der Waals surface area contributed by atoms with Crippen molar-refractivity contribution < 1.29 is 0 Å². The second kappa shape index (κ2) is 13.2. The van der Waals surface area contributed by atoms with Crippen LogP contribution in [0.5, 0.6) is 0 Å². The molecule has 144 valence electrons. The summed E-state index contributed by atoms with van der Waals surface area (Å²) in [4.78, 5) is 9.82. The molecule has 0 aromatic carbocycles. The Morgan fingerprint density at radius 3 is 2.33 bits per heavy atom. The normalized spacial score (nSPS) is 19.2. The molecule has 1 atom stereocenters. The number of guanidine groups is 1. The Kier molecular flexibility index (Phi) is 13.1. The number of hydrogen-bond acceptors (Lipinski definition) is 3. The zero-order chi connectivity index (χ0) is 17.2. The highest BCUT2D eigenvalue weighted by Gasteiger charge is 2.20. The van der Waals surface area contributed by atoms with E-state index < -0.39 is 0 Å². The number of halogens is 1. The molecule has 24 heavy (non-hydrogen) atoms. The van der Waals surface area contributed by atoms with Gasteiger partial charge < -0.3 is 15.5 Å². The molecule has 0 spiro atoms. The minimum absolute atomic E-state index is 0. The smallest absolute Gasteiger partial charge is 0.191 e. The fourth-order valence-electron chi connectivity index (χ4n) is 3.33. The molecule has 1 fully saturated rings. The molecule has 1 aliphatic rings. The van der Waals surface area contributed by atoms with Crippen molar-refractivity contribution in [1.82, 2.24) is 20.4 Å². The second-order valence-corrected chi connectivity index (χ2v) is 7.12. The van der Waals surface area contributed by atoms with Gasteiger partial charge in [-0.05, 0) is 60.0 Å². The first-order valence-electron chi connectivity index (χ1n) is 9.48. The number of rotatable bonds is 9. The van der Waals surface area contributed by atoms with E-state index in [1.807, 2.05) is 0 Å². The highest BCUT2D eigenvalue weighted by Crippen LogP contribution is 2.15. The van der Waals surface area contributed by atoms with Gasteiger partial charge in [0.2, 0.25) is 0 Å². The molecule has 1 rings (SSSR count). The van der Waals surface area contributed by atoms with Crippen molar-refractivity contribution in [3.05, 3.63) is 0 Å². The molecule has 0 saturated carbocycles. The third-order valence-electron chi connectivity index (χ3n) is 4.66. The maximum Gasteiger partial charge on any atom is 0.191 e. The van der Waals surface area contributed by atoms with Crippen molar-refractivity contribution in [1.29, 1.82) is 0 Å². The summed E-state index contributed by atoms with van der Waals surface area (Å²) < 4.78 is 0. The topological polar surface area (TPSA) is 42.9 Å². The lowest BCUT2D eigenvalue weighted by atomic mass is 10.1. The van der Waals surface area contributed by atoms with Gasteiger partial charge in [-0.3, -0.25) is 9.89 Å². The van der Waals surface area contributed by atoms with Crippen LogP contribution in [-0.2, 0) is 0 Å². The van der Waals surface area contributed by atoms with Crippen LogP contribution < -0.4 is 10.6 Å². The van der Waals surface area contributed by atoms with Crippen molar-refractivity contribution in [2.45, 2.75) is 60.0 Å². The standard InChI is InChI=1S/C18H39N5.HI/c1-7-19-18(20-10-12-23(15(3)4)16(5)6)21-13-17-9-11-22(8-2)14-17;/h15-17H,7-14H2,1-6H3,(H2,19,20,21);1H. The third-order valence-corrected chi connectivity index (χ3v) is 4.66. The molecule has 1 heterocycles. The first kappa shape index (κ1) is 23.9. The summed E-state index contributed by atoms with van der Waals surface area (Å²) in [6.45, 7) is 20.9. The van der Waals surface area contributed by atoms with E-state index in [0.29, 0.717) is 18.0 Å². The van der Waals surface area contributed by atoms with Gasteiger partial charge in [0.05, 0.1) is 0 Å². The van der Waals surface area contributed by atoms with Crippen molar-refractivity contribution in [2.24, 2.45) is 10.9 Å². The van der Waals surface area contributed by atoms with E-state index in [1.54, 1.807) is 0 Å². The van der Waals surface area contributed by atoms with Crippen LogP contribution in [0.3, 0.4) is 0 Å². The van der Waals surface area contributed by atoms with Crippen molar-refractivity contribution in [2.75, 3.05) is 45.8 Å². The lowest BCUT2D eigenvalue weighted by Gasteiger charge is -2.30. The molecule has 0 bridgehead atoms. The SMILES string of the molecule is CCNC(=NCC1CCN(CC)C1)NCCN(C(C)C)C(C)C.I. The maximum absolute atomic E-state index is 4.80. The molecule has 2 N–H and O–H groups in total. The molecule has 1 unspecified atom stereocenters. The van der Waals surface area contributed by atoms with Crippen LogP contribution in [0.1, 0.15) is 48.0 Å². The Labute approximate surface area is 167 Å². The second-order valence-electron chi connectivity index (χ2n) is 7.12. The van der Waals surface area contributed by atoms with E-state index in [0.717, 1.165) is 32.1 Å². The Hall–Kier alpha value is -0.0800. The van der Waals surface area contributed by atoms with Crippen LogP contribution in [0.2, 0.25) is 0 Å². The molecule has 0 amide bonds. The molecule has 6 heteroatoms. The van der Waals surface area contributed by atoms with Crippen LogP contribution >= 0.6 is 24.0 Å². The predicted octanol–water partition coefficient (Wildman–Crippen LogP) is 2.62. The van der Waals surface area contributed by atoms with Gasteiger partial charge in [0, 0.05) is 44.8 Å². The number of aliphatic imine (C=N–C) groups is 1. The Bertz CT molecular complexity index is 338. The van der Waals surface area contributed by atoms with E-state index in [-0.39, 0.29) is 24.0 Å². The first-order chi connectivity index (χ1) is 11.0. The van der Waals surface area contributed by atoms with E-state index in [4.69, 9.17) is 4.99 Å². The van der Waals surface area contributed by atoms with E-state index >= 15 is 0 Å². The molecule has 1 aliphatic heterocycles. The third kappa shape index (κ3) is 8.85. The van der Waals surface area contributed by atoms with Crippen LogP contribution in [-0.4, -0.2) is 73.7 Å². The molecule has 5 nitrogen and oxygen atoms in total. The largest absolute Gasteiger partial charge is 0.357 e. The monoisotopic (exact) mass is 453 g/mol. The Morgan fingerprint density at radius 2 is 1.83 bits per heavy atom. The number of hydrogen-bond donors (Lipinski definition) is 2. The maximum atomic E-state index is 4.80. The van der Waals surface area contributed by atoms with E-state index in [1.165, 1.54) is 26.1 Å². The molecule has 0 aromatic heterocycles. The van der Waals surface area contributed by atoms with Crippen LogP contribution in [0.25, 0.3) is 0 Å². The minimum Gasteiger partial charge on any atom is -0.357 e. The summed E-state index contributed by atoms with van der Waals surface area (Å²) >= 11 is 0. The van der Waals surface area contributed by atoms with Gasteiger partial charge in [0.1, 0.15) is 0 Å². The molecule has 0 aliphatic carbocycles. The fourth-order valence-corrected chi connectivity index (χ4v) is 3.33. The number of likely N-dealkylation sites (tertiary alicyclic amines) is 1. The van der Waals surface area contributed by atoms with Crippen LogP contribution in [0.4, 0.5) is 0 Å². The molecule has 1 saturated heterocycles. The fraction of sp³-hybridized carbons (Fsp3) is 0.944. The quantitative estimate of drug-likeness (QED) is 0.320. The molecular formula is C18H40IN5. The lowest BCUT2D eigenvalue weighted by molar-refractivity contribution is 0.178. The zero-order valence-electron chi connectivity index (χ0n) is 16.6. The van der Waals surface area contributed by atoms with Crippen LogP contribution in [0, 0.1) is 5.92 Å². The van der Waals surface area contributed by atoms with Gasteiger partial charge >= 0.3 is 0 Å². The lowest BCUT2D eigenvalue weighted by Crippen LogP contribution is -2.45. The van der Waals surface area contributed by atoms with E-state index in [2.05, 4.69) is 62.0 Å². The summed E-state index contributed by atoms with van der Waals surface area (Å²) in [5.41, 5.74) is 0. The summed E-state index contributed by atoms with van der Waals surface area (Å²) in [5.74, 6) is 1.68. The van der Waals surface area contributed by atoms with Crippen molar-refractivity contribution in [3.8, 4) is 0 Å². The number of nitrogens with zero attached hydrogens (tertiary/aromatic N) is 3. The summed E-state index contributed by atoms with van der Waals surface area (Å²) in [5, 5.41) is 6.86. The Balaban J connectivity index is 0.00000529. The highest BCUT2D eigenvalue weighted by atomic mass is 127. The summed E-state index contributed by atoms with van der Waals surface area (Å²) in [7, 11) is 0. The van der Waals surface area contributed by atoms with Crippen molar-refractivity contribution in [3.63, 3.8) is 0 Å². The van der Waals surface area contributed by atoms with Gasteiger partial charge in [-0.15, -0.1) is 24.0 Å². The highest BCUT2D eigenvalue weighted by molar-refractivity contribution is 14.0. The van der Waals surface area contributed by atoms with Gasteiger partial charge in [-0.1, -0.05) is 6.92 Å².